The molecule has 0 saturated carbocycles. The predicted molar refractivity (Wildman–Crippen MR) is 110 cm³/mol. The quantitative estimate of drug-likeness (QED) is 0.469. The van der Waals surface area contributed by atoms with E-state index in [4.69, 9.17) is 27.8 Å². The monoisotopic (exact) mass is 429 g/mol. The fourth-order valence-electron chi connectivity index (χ4n) is 2.47. The second kappa shape index (κ2) is 9.29. The number of anilines is 1. The number of aldehydes is 1. The van der Waals surface area contributed by atoms with Crippen LogP contribution in [0.5, 0.6) is 11.5 Å². The van der Waals surface area contributed by atoms with E-state index in [1.54, 1.807) is 24.3 Å². The van der Waals surface area contributed by atoms with Crippen LogP contribution in [0, 0.1) is 5.82 Å². The molecular formula is C20H17ClFN5O3. The Morgan fingerprint density at radius 2 is 1.93 bits per heavy atom. The number of benzene rings is 2. The van der Waals surface area contributed by atoms with Gasteiger partial charge in [-0.25, -0.2) is 14.4 Å². The largest absolute Gasteiger partial charge is 0.454 e. The minimum absolute atomic E-state index is 0.0181. The smallest absolute Gasteiger partial charge is 0.267 e. The van der Waals surface area contributed by atoms with Crippen molar-refractivity contribution in [3.8, 4) is 22.9 Å². The zero-order valence-electron chi connectivity index (χ0n) is 15.5. The van der Waals surface area contributed by atoms with Crippen LogP contribution in [0.3, 0.4) is 0 Å². The first kappa shape index (κ1) is 21.2. The van der Waals surface area contributed by atoms with Crippen LogP contribution in [0.25, 0.3) is 11.4 Å². The summed E-state index contributed by atoms with van der Waals surface area (Å²) in [5, 5.41) is 3.15. The number of amides is 1. The summed E-state index contributed by atoms with van der Waals surface area (Å²) >= 11 is 5.86. The normalized spacial score (nSPS) is 11.6. The van der Waals surface area contributed by atoms with Gasteiger partial charge in [-0.05, 0) is 36.4 Å². The molecule has 8 nitrogen and oxygen atoms in total. The summed E-state index contributed by atoms with van der Waals surface area (Å²) in [4.78, 5) is 31.1. The van der Waals surface area contributed by atoms with Crippen molar-refractivity contribution >= 4 is 29.6 Å². The number of halogens is 2. The van der Waals surface area contributed by atoms with Crippen molar-refractivity contribution in [2.75, 3.05) is 11.9 Å². The number of nitrogens with zero attached hydrogens (tertiary/aromatic N) is 2. The molecule has 0 saturated heterocycles. The Labute approximate surface area is 176 Å². The molecule has 0 spiro atoms. The molecule has 30 heavy (non-hydrogen) atoms. The standard InChI is InChI=1S/C20H17ClFN5O3/c21-12-3-6-15(22)17(7-12)30-14-4-1-11(2-5-14)20-26-16(19(24)29)8-18(27-20)25-13(9-23)10-28/h1-8,10,13H,9,23H2,(H2,24,29)(H,25,26,27)/t13-/m0/s1. The molecule has 5 N–H and O–H groups in total. The number of nitrogens with one attached hydrogen (secondary N) is 1. The van der Waals surface area contributed by atoms with Gasteiger partial charge in [-0.2, -0.15) is 0 Å². The molecule has 0 radical (unpaired) electrons. The number of aromatic nitrogens is 2. The Bertz CT molecular complexity index is 1080. The van der Waals surface area contributed by atoms with Crippen LogP contribution < -0.4 is 21.5 Å². The van der Waals surface area contributed by atoms with Crippen molar-refractivity contribution in [2.24, 2.45) is 11.5 Å². The first-order valence-corrected chi connectivity index (χ1v) is 9.11. The van der Waals surface area contributed by atoms with E-state index < -0.39 is 17.8 Å². The summed E-state index contributed by atoms with van der Waals surface area (Å²) in [7, 11) is 0. The summed E-state index contributed by atoms with van der Waals surface area (Å²) in [6.45, 7) is 0.0425. The van der Waals surface area contributed by atoms with Gasteiger partial charge in [0.2, 0.25) is 0 Å². The molecule has 1 atom stereocenters. The number of primary amides is 1. The lowest BCUT2D eigenvalue weighted by Gasteiger charge is -2.13. The number of carbonyl (C=O) groups is 2. The highest BCUT2D eigenvalue weighted by Crippen LogP contribution is 2.29. The molecule has 0 aliphatic heterocycles. The maximum atomic E-state index is 13.8. The van der Waals surface area contributed by atoms with Crippen molar-refractivity contribution in [2.45, 2.75) is 6.04 Å². The molecule has 10 heteroatoms. The summed E-state index contributed by atoms with van der Waals surface area (Å²) < 4.78 is 19.3. The van der Waals surface area contributed by atoms with Gasteiger partial charge in [-0.3, -0.25) is 4.79 Å². The van der Waals surface area contributed by atoms with Crippen LogP contribution in [-0.4, -0.2) is 34.7 Å². The summed E-state index contributed by atoms with van der Waals surface area (Å²) in [6, 6.07) is 11.1. The second-order valence-electron chi connectivity index (χ2n) is 6.15. The minimum Gasteiger partial charge on any atom is -0.454 e. The van der Waals surface area contributed by atoms with Gasteiger partial charge in [-0.1, -0.05) is 11.6 Å². The highest BCUT2D eigenvalue weighted by atomic mass is 35.5. The predicted octanol–water partition coefficient (Wildman–Crippen LogP) is 2.77. The summed E-state index contributed by atoms with van der Waals surface area (Å²) in [5.41, 5.74) is 11.3. The Balaban J connectivity index is 1.89. The minimum atomic E-state index is -0.756. The molecule has 1 heterocycles. The number of ether oxygens (including phenoxy) is 1. The lowest BCUT2D eigenvalue weighted by Crippen LogP contribution is -2.30. The van der Waals surface area contributed by atoms with Crippen LogP contribution in [0.15, 0.2) is 48.5 Å². The van der Waals surface area contributed by atoms with Crippen LogP contribution >= 0.6 is 11.6 Å². The SMILES string of the molecule is NC[C@@H](C=O)Nc1cc(C(N)=O)nc(-c2ccc(Oc3cc(Cl)ccc3F)cc2)n1. The third-order valence-electron chi connectivity index (χ3n) is 3.96. The van der Waals surface area contributed by atoms with E-state index in [9.17, 15) is 14.0 Å². The Morgan fingerprint density at radius 1 is 1.20 bits per heavy atom. The van der Waals surface area contributed by atoms with E-state index in [1.807, 2.05) is 0 Å². The molecule has 0 aliphatic rings. The lowest BCUT2D eigenvalue weighted by atomic mass is 10.2. The Morgan fingerprint density at radius 3 is 2.57 bits per heavy atom. The maximum absolute atomic E-state index is 13.8. The highest BCUT2D eigenvalue weighted by molar-refractivity contribution is 6.30. The molecule has 1 amide bonds. The van der Waals surface area contributed by atoms with E-state index in [0.717, 1.165) is 0 Å². The average molecular weight is 430 g/mol. The van der Waals surface area contributed by atoms with E-state index in [-0.39, 0.29) is 29.6 Å². The molecule has 1 aromatic heterocycles. The number of carbonyl (C=O) groups excluding carboxylic acids is 2. The topological polar surface area (TPSA) is 133 Å². The zero-order chi connectivity index (χ0) is 21.7. The number of nitrogens with two attached hydrogens (primary N) is 2. The van der Waals surface area contributed by atoms with Crippen molar-refractivity contribution < 1.29 is 18.7 Å². The first-order valence-electron chi connectivity index (χ1n) is 8.73. The van der Waals surface area contributed by atoms with E-state index in [2.05, 4.69) is 15.3 Å². The lowest BCUT2D eigenvalue weighted by molar-refractivity contribution is -0.108. The van der Waals surface area contributed by atoms with Crippen LogP contribution in [0.4, 0.5) is 10.2 Å². The zero-order valence-corrected chi connectivity index (χ0v) is 16.3. The van der Waals surface area contributed by atoms with Gasteiger partial charge in [0.15, 0.2) is 17.4 Å². The van der Waals surface area contributed by atoms with Gasteiger partial charge >= 0.3 is 0 Å². The number of rotatable bonds is 8. The third kappa shape index (κ3) is 5.07. The molecule has 154 valence electrons. The summed E-state index contributed by atoms with van der Waals surface area (Å²) in [6.07, 6.45) is 0.632. The van der Waals surface area contributed by atoms with Gasteiger partial charge in [0.1, 0.15) is 23.5 Å². The molecular weight excluding hydrogens is 413 g/mol. The van der Waals surface area contributed by atoms with Gasteiger partial charge in [0.05, 0.1) is 6.04 Å². The van der Waals surface area contributed by atoms with Crippen LogP contribution in [0.1, 0.15) is 10.5 Å². The van der Waals surface area contributed by atoms with Crippen molar-refractivity contribution in [3.63, 3.8) is 0 Å². The second-order valence-corrected chi connectivity index (χ2v) is 6.59. The van der Waals surface area contributed by atoms with E-state index in [0.29, 0.717) is 22.6 Å². The van der Waals surface area contributed by atoms with Crippen molar-refractivity contribution in [1.82, 2.24) is 9.97 Å². The first-order chi connectivity index (χ1) is 14.4. The van der Waals surface area contributed by atoms with Crippen molar-refractivity contribution in [3.05, 3.63) is 65.1 Å². The number of hydrogen-bond acceptors (Lipinski definition) is 7. The molecule has 0 bridgehead atoms. The van der Waals surface area contributed by atoms with Gasteiger partial charge in [-0.15, -0.1) is 0 Å². The Hall–Kier alpha value is -3.56. The molecule has 2 aromatic carbocycles. The van der Waals surface area contributed by atoms with Gasteiger partial charge in [0.25, 0.3) is 5.91 Å². The van der Waals surface area contributed by atoms with Crippen LogP contribution in [0.2, 0.25) is 5.02 Å². The fraction of sp³-hybridized carbons (Fsp3) is 0.100. The third-order valence-corrected chi connectivity index (χ3v) is 4.20. The maximum Gasteiger partial charge on any atom is 0.267 e. The fourth-order valence-corrected chi connectivity index (χ4v) is 2.63. The van der Waals surface area contributed by atoms with Crippen LogP contribution in [-0.2, 0) is 4.79 Å². The van der Waals surface area contributed by atoms with E-state index >= 15 is 0 Å². The van der Waals surface area contributed by atoms with Gasteiger partial charge in [0, 0.05) is 29.3 Å². The van der Waals surface area contributed by atoms with E-state index in [1.165, 1.54) is 24.3 Å². The van der Waals surface area contributed by atoms with Crippen molar-refractivity contribution in [1.29, 1.82) is 0 Å². The molecule has 3 aromatic rings. The average Bonchev–Trinajstić information content (AvgIpc) is 2.75. The molecule has 0 aliphatic carbocycles. The molecule has 0 fully saturated rings. The van der Waals surface area contributed by atoms with Gasteiger partial charge < -0.3 is 26.3 Å². The highest BCUT2D eigenvalue weighted by Gasteiger charge is 2.14. The number of hydrogen-bond donors (Lipinski definition) is 3. The Kier molecular flexibility index (Phi) is 6.55. The molecule has 3 rings (SSSR count). The molecule has 0 unspecified atom stereocenters. The summed E-state index contributed by atoms with van der Waals surface area (Å²) in [5.74, 6) is -0.563.